The summed E-state index contributed by atoms with van der Waals surface area (Å²) in [4.78, 5) is 34.8. The smallest absolute Gasteiger partial charge is 0.338 e. The minimum atomic E-state index is -0.607. The van der Waals surface area contributed by atoms with Crippen molar-refractivity contribution < 1.29 is 19.1 Å². The maximum absolute atomic E-state index is 11.9. The van der Waals surface area contributed by atoms with E-state index < -0.39 is 11.9 Å². The van der Waals surface area contributed by atoms with Crippen molar-refractivity contribution in [1.82, 2.24) is 0 Å². The molecule has 2 N–H and O–H groups in total. The molecule has 2 aromatic carbocycles. The molecule has 0 unspecified atom stereocenters. The predicted octanol–water partition coefficient (Wildman–Crippen LogP) is 3.06. The van der Waals surface area contributed by atoms with E-state index in [-0.39, 0.29) is 12.5 Å². The molecule has 0 aromatic heterocycles. The van der Waals surface area contributed by atoms with Crippen LogP contribution in [0.5, 0.6) is 0 Å². The monoisotopic (exact) mass is 340 g/mol. The number of aryl methyl sites for hydroxylation is 2. The van der Waals surface area contributed by atoms with Gasteiger partial charge in [0.15, 0.2) is 6.61 Å². The summed E-state index contributed by atoms with van der Waals surface area (Å²) in [5.41, 5.74) is 3.73. The molecule has 0 aliphatic carbocycles. The molecule has 6 heteroatoms. The van der Waals surface area contributed by atoms with Crippen LogP contribution in [0.15, 0.2) is 42.5 Å². The normalized spacial score (nSPS) is 10.0. The second-order valence-corrected chi connectivity index (χ2v) is 5.68. The number of carbonyl (C=O) groups excluding carboxylic acids is 3. The summed E-state index contributed by atoms with van der Waals surface area (Å²) in [5, 5.41) is 5.29. The lowest BCUT2D eigenvalue weighted by atomic mass is 10.1. The van der Waals surface area contributed by atoms with Crippen LogP contribution >= 0.6 is 0 Å². The van der Waals surface area contributed by atoms with Gasteiger partial charge in [-0.2, -0.15) is 0 Å². The van der Waals surface area contributed by atoms with Crippen LogP contribution in [0.3, 0.4) is 0 Å². The van der Waals surface area contributed by atoms with Crippen molar-refractivity contribution in [3.05, 3.63) is 59.2 Å². The van der Waals surface area contributed by atoms with Gasteiger partial charge < -0.3 is 15.4 Å². The molecular weight excluding hydrogens is 320 g/mol. The van der Waals surface area contributed by atoms with Gasteiger partial charge in [0.25, 0.3) is 5.91 Å². The Morgan fingerprint density at radius 2 is 1.52 bits per heavy atom. The Labute approximate surface area is 146 Å². The van der Waals surface area contributed by atoms with Crippen molar-refractivity contribution in [2.75, 3.05) is 17.2 Å². The number of rotatable bonds is 5. The van der Waals surface area contributed by atoms with E-state index in [1.807, 2.05) is 26.0 Å². The maximum Gasteiger partial charge on any atom is 0.338 e. The Balaban J connectivity index is 1.87. The molecule has 0 spiro atoms. The zero-order valence-electron chi connectivity index (χ0n) is 14.4. The summed E-state index contributed by atoms with van der Waals surface area (Å²) in [6.45, 7) is 4.96. The van der Waals surface area contributed by atoms with Crippen LogP contribution in [0.2, 0.25) is 0 Å². The van der Waals surface area contributed by atoms with E-state index in [2.05, 4.69) is 10.6 Å². The van der Waals surface area contributed by atoms with Crippen molar-refractivity contribution in [3.8, 4) is 0 Å². The van der Waals surface area contributed by atoms with E-state index in [0.717, 1.165) is 11.1 Å². The van der Waals surface area contributed by atoms with Crippen LogP contribution in [-0.4, -0.2) is 24.4 Å². The highest BCUT2D eigenvalue weighted by Crippen LogP contribution is 2.14. The fourth-order valence-electron chi connectivity index (χ4n) is 2.12. The van der Waals surface area contributed by atoms with Crippen LogP contribution in [-0.2, 0) is 14.3 Å². The van der Waals surface area contributed by atoms with Gasteiger partial charge in [-0.25, -0.2) is 4.79 Å². The van der Waals surface area contributed by atoms with Gasteiger partial charge in [0.05, 0.1) is 5.56 Å². The molecule has 130 valence electrons. The molecule has 6 nitrogen and oxygen atoms in total. The van der Waals surface area contributed by atoms with Gasteiger partial charge in [-0.05, 0) is 61.4 Å². The first kappa shape index (κ1) is 18.2. The number of hydrogen-bond donors (Lipinski definition) is 2. The standard InChI is InChI=1S/C19H20N2O4/c1-12-4-7-17(10-13(12)2)21-18(23)11-25-19(24)15-5-8-16(9-6-15)20-14(3)22/h4-10H,11H2,1-3H3,(H,20,22)(H,21,23). The Kier molecular flexibility index (Phi) is 5.89. The highest BCUT2D eigenvalue weighted by Gasteiger charge is 2.11. The van der Waals surface area contributed by atoms with E-state index in [1.54, 1.807) is 18.2 Å². The second kappa shape index (κ2) is 8.10. The van der Waals surface area contributed by atoms with Crippen LogP contribution < -0.4 is 10.6 Å². The quantitative estimate of drug-likeness (QED) is 0.819. The number of anilines is 2. The molecule has 0 fully saturated rings. The van der Waals surface area contributed by atoms with E-state index in [9.17, 15) is 14.4 Å². The zero-order valence-corrected chi connectivity index (χ0v) is 14.4. The average Bonchev–Trinajstić information content (AvgIpc) is 2.56. The predicted molar refractivity (Wildman–Crippen MR) is 95.6 cm³/mol. The van der Waals surface area contributed by atoms with E-state index in [1.165, 1.54) is 19.1 Å². The minimum Gasteiger partial charge on any atom is -0.452 e. The summed E-state index contributed by atoms with van der Waals surface area (Å²) < 4.78 is 5.00. The topological polar surface area (TPSA) is 84.5 Å². The number of carbonyl (C=O) groups is 3. The molecule has 2 aromatic rings. The van der Waals surface area contributed by atoms with Gasteiger partial charge in [-0.3, -0.25) is 9.59 Å². The molecule has 0 aliphatic heterocycles. The largest absolute Gasteiger partial charge is 0.452 e. The Hall–Kier alpha value is -3.15. The summed E-state index contributed by atoms with van der Waals surface area (Å²) in [6, 6.07) is 11.8. The van der Waals surface area contributed by atoms with Gasteiger partial charge in [-0.15, -0.1) is 0 Å². The first-order valence-corrected chi connectivity index (χ1v) is 7.77. The molecule has 0 saturated carbocycles. The average molecular weight is 340 g/mol. The molecule has 25 heavy (non-hydrogen) atoms. The second-order valence-electron chi connectivity index (χ2n) is 5.68. The fourth-order valence-corrected chi connectivity index (χ4v) is 2.12. The van der Waals surface area contributed by atoms with Gasteiger partial charge in [0.1, 0.15) is 0 Å². The molecule has 2 rings (SSSR count). The molecule has 0 aliphatic rings. The third-order valence-corrected chi connectivity index (χ3v) is 3.57. The van der Waals surface area contributed by atoms with Crippen LogP contribution in [0.1, 0.15) is 28.4 Å². The maximum atomic E-state index is 11.9. The summed E-state index contributed by atoms with van der Waals surface area (Å²) in [6.07, 6.45) is 0. The van der Waals surface area contributed by atoms with Gasteiger partial charge in [0, 0.05) is 18.3 Å². The van der Waals surface area contributed by atoms with Crippen LogP contribution in [0.25, 0.3) is 0 Å². The SMILES string of the molecule is CC(=O)Nc1ccc(C(=O)OCC(=O)Nc2ccc(C)c(C)c2)cc1. The highest BCUT2D eigenvalue weighted by molar-refractivity contribution is 5.96. The number of esters is 1. The Morgan fingerprint density at radius 3 is 2.12 bits per heavy atom. The van der Waals surface area contributed by atoms with Gasteiger partial charge in [0.2, 0.25) is 5.91 Å². The van der Waals surface area contributed by atoms with Crippen LogP contribution in [0.4, 0.5) is 11.4 Å². The molecule has 0 bridgehead atoms. The van der Waals surface area contributed by atoms with E-state index in [0.29, 0.717) is 16.9 Å². The van der Waals surface area contributed by atoms with Crippen molar-refractivity contribution >= 4 is 29.2 Å². The van der Waals surface area contributed by atoms with Crippen LogP contribution in [0, 0.1) is 13.8 Å². The third-order valence-electron chi connectivity index (χ3n) is 3.57. The molecule has 0 saturated heterocycles. The summed E-state index contributed by atoms with van der Waals surface area (Å²) >= 11 is 0. The van der Waals surface area contributed by atoms with Gasteiger partial charge >= 0.3 is 5.97 Å². The minimum absolute atomic E-state index is 0.196. The van der Waals surface area contributed by atoms with E-state index in [4.69, 9.17) is 4.74 Å². The first-order valence-electron chi connectivity index (χ1n) is 7.77. The van der Waals surface area contributed by atoms with Crippen molar-refractivity contribution in [2.45, 2.75) is 20.8 Å². The number of ether oxygens (including phenoxy) is 1. The lowest BCUT2D eigenvalue weighted by molar-refractivity contribution is -0.119. The molecule has 0 atom stereocenters. The van der Waals surface area contributed by atoms with E-state index >= 15 is 0 Å². The Morgan fingerprint density at radius 1 is 0.880 bits per heavy atom. The number of benzene rings is 2. The summed E-state index contributed by atoms with van der Waals surface area (Å²) in [5.74, 6) is -1.21. The molecule has 0 radical (unpaired) electrons. The highest BCUT2D eigenvalue weighted by atomic mass is 16.5. The number of nitrogens with one attached hydrogen (secondary N) is 2. The fraction of sp³-hybridized carbons (Fsp3) is 0.211. The summed E-state index contributed by atoms with van der Waals surface area (Å²) in [7, 11) is 0. The van der Waals surface area contributed by atoms with Crippen molar-refractivity contribution in [2.24, 2.45) is 0 Å². The molecule has 2 amide bonds. The first-order chi connectivity index (χ1) is 11.8. The third kappa shape index (κ3) is 5.46. The zero-order chi connectivity index (χ0) is 18.4. The number of amides is 2. The van der Waals surface area contributed by atoms with Gasteiger partial charge in [-0.1, -0.05) is 6.07 Å². The lowest BCUT2D eigenvalue weighted by Crippen LogP contribution is -2.21. The van der Waals surface area contributed by atoms with Crippen molar-refractivity contribution in [3.63, 3.8) is 0 Å². The lowest BCUT2D eigenvalue weighted by Gasteiger charge is -2.09. The molecular formula is C19H20N2O4. The van der Waals surface area contributed by atoms with Crippen molar-refractivity contribution in [1.29, 1.82) is 0 Å². The Bertz CT molecular complexity index is 798. The number of hydrogen-bond acceptors (Lipinski definition) is 4. The molecule has 0 heterocycles.